The van der Waals surface area contributed by atoms with E-state index >= 15 is 0 Å². The van der Waals surface area contributed by atoms with Crippen molar-refractivity contribution in [3.05, 3.63) is 0 Å². The Morgan fingerprint density at radius 3 is 2.38 bits per heavy atom. The zero-order valence-corrected chi connectivity index (χ0v) is 7.35. The Morgan fingerprint density at radius 2 is 1.77 bits per heavy atom. The topological polar surface area (TPSA) is 84.2 Å². The lowest BCUT2D eigenvalue weighted by Crippen LogP contribution is -2.57. The number of hydrogen-bond acceptors (Lipinski definition) is 5. The highest BCUT2D eigenvalue weighted by atomic mass is 16.6. The normalized spacial score (nSPS) is 37.4. The zero-order valence-electron chi connectivity index (χ0n) is 7.35. The van der Waals surface area contributed by atoms with E-state index in [1.807, 2.05) is 0 Å². The molecule has 0 spiro atoms. The quantitative estimate of drug-likeness (QED) is 0.338. The van der Waals surface area contributed by atoms with E-state index < -0.39 is 17.6 Å². The van der Waals surface area contributed by atoms with Crippen LogP contribution in [-0.2, 0) is 0 Å². The van der Waals surface area contributed by atoms with E-state index in [1.54, 1.807) is 4.90 Å². The number of rotatable bonds is 0. The molecular weight excluding hydrogens is 174 g/mol. The maximum atomic E-state index is 9.53. The second-order valence-corrected chi connectivity index (χ2v) is 4.02. The Bertz CT molecular complexity index is 216. The van der Waals surface area contributed by atoms with Crippen molar-refractivity contribution in [2.24, 2.45) is 0 Å². The Labute approximate surface area is 76.2 Å². The van der Waals surface area contributed by atoms with Gasteiger partial charge in [-0.05, 0) is 19.4 Å². The molecule has 2 aliphatic heterocycles. The van der Waals surface area contributed by atoms with Gasteiger partial charge in [0.2, 0.25) is 11.6 Å². The predicted molar refractivity (Wildman–Crippen MR) is 43.5 cm³/mol. The molecule has 0 aromatic rings. The third-order valence-corrected chi connectivity index (χ3v) is 3.09. The molecule has 1 atom stereocenters. The van der Waals surface area contributed by atoms with Crippen LogP contribution >= 0.6 is 0 Å². The monoisotopic (exact) mass is 189 g/mol. The molecule has 0 bridgehead atoms. The summed E-state index contributed by atoms with van der Waals surface area (Å²) >= 11 is 0. The predicted octanol–water partition coefficient (Wildman–Crippen LogP) is -1.78. The van der Waals surface area contributed by atoms with Crippen LogP contribution in [0.5, 0.6) is 0 Å². The third-order valence-electron chi connectivity index (χ3n) is 3.09. The molecule has 0 aromatic carbocycles. The summed E-state index contributed by atoms with van der Waals surface area (Å²) in [5.41, 5.74) is 0. The van der Waals surface area contributed by atoms with Crippen LogP contribution in [0.4, 0.5) is 0 Å². The fourth-order valence-electron chi connectivity index (χ4n) is 2.30. The van der Waals surface area contributed by atoms with E-state index in [2.05, 4.69) is 0 Å². The van der Waals surface area contributed by atoms with Crippen LogP contribution in [0.15, 0.2) is 0 Å². The van der Waals surface area contributed by atoms with Crippen LogP contribution in [0.25, 0.3) is 0 Å². The van der Waals surface area contributed by atoms with Gasteiger partial charge in [-0.2, -0.15) is 0 Å². The first kappa shape index (κ1) is 9.36. The van der Waals surface area contributed by atoms with Crippen molar-refractivity contribution >= 4 is 0 Å². The highest BCUT2D eigenvalue weighted by Crippen LogP contribution is 2.38. The highest BCUT2D eigenvalue weighted by Gasteiger charge is 2.61. The maximum Gasteiger partial charge on any atom is 0.235 e. The van der Waals surface area contributed by atoms with Crippen LogP contribution in [-0.4, -0.2) is 56.0 Å². The molecule has 2 fully saturated rings. The summed E-state index contributed by atoms with van der Waals surface area (Å²) in [7, 11) is 0. The van der Waals surface area contributed by atoms with Crippen molar-refractivity contribution in [2.45, 2.75) is 36.9 Å². The fraction of sp³-hybridized carbons (Fsp3) is 1.00. The van der Waals surface area contributed by atoms with E-state index in [0.29, 0.717) is 13.0 Å². The van der Waals surface area contributed by atoms with Crippen molar-refractivity contribution in [2.75, 3.05) is 13.1 Å². The van der Waals surface area contributed by atoms with Crippen LogP contribution < -0.4 is 0 Å². The van der Waals surface area contributed by atoms with Gasteiger partial charge >= 0.3 is 0 Å². The minimum Gasteiger partial charge on any atom is -0.360 e. The summed E-state index contributed by atoms with van der Waals surface area (Å²) in [4.78, 5) is 1.73. The van der Waals surface area contributed by atoms with E-state index in [-0.39, 0.29) is 6.54 Å². The zero-order chi connectivity index (χ0) is 9.69. The number of nitrogens with zero attached hydrogens (tertiary/aromatic N) is 1. The van der Waals surface area contributed by atoms with Crippen LogP contribution in [0.2, 0.25) is 0 Å². The molecule has 2 saturated heterocycles. The first-order chi connectivity index (χ1) is 5.95. The SMILES string of the molecule is OC1(O)CN2CCCC[C@@H]2C1(O)O. The minimum atomic E-state index is -2.39. The molecule has 4 N–H and O–H groups in total. The van der Waals surface area contributed by atoms with Crippen LogP contribution in [0.1, 0.15) is 19.3 Å². The molecule has 0 aliphatic carbocycles. The molecule has 13 heavy (non-hydrogen) atoms. The number of piperidine rings is 1. The fourth-order valence-corrected chi connectivity index (χ4v) is 2.30. The van der Waals surface area contributed by atoms with Crippen molar-refractivity contribution in [1.82, 2.24) is 4.90 Å². The smallest absolute Gasteiger partial charge is 0.235 e. The van der Waals surface area contributed by atoms with Crippen molar-refractivity contribution in [1.29, 1.82) is 0 Å². The average molecular weight is 189 g/mol. The minimum absolute atomic E-state index is 0.0787. The molecule has 5 heteroatoms. The van der Waals surface area contributed by atoms with Gasteiger partial charge in [0.1, 0.15) is 0 Å². The largest absolute Gasteiger partial charge is 0.360 e. The average Bonchev–Trinajstić information content (AvgIpc) is 2.20. The standard InChI is InChI=1S/C8H15NO4/c10-7(11)5-9-4-2-1-3-6(9)8(7,12)13/h6,10-13H,1-5H2/t6-/m1/s1. The number of fused-ring (bicyclic) bond motifs is 1. The lowest BCUT2D eigenvalue weighted by Gasteiger charge is -2.34. The van der Waals surface area contributed by atoms with E-state index in [4.69, 9.17) is 0 Å². The van der Waals surface area contributed by atoms with Gasteiger partial charge in [-0.15, -0.1) is 0 Å². The first-order valence-electron chi connectivity index (χ1n) is 4.59. The Hall–Kier alpha value is -0.200. The van der Waals surface area contributed by atoms with Gasteiger partial charge < -0.3 is 20.4 Å². The molecule has 0 unspecified atom stereocenters. The number of aliphatic hydroxyl groups is 4. The van der Waals surface area contributed by atoms with Gasteiger partial charge in [-0.25, -0.2) is 0 Å². The molecule has 0 aromatic heterocycles. The summed E-state index contributed by atoms with van der Waals surface area (Å²) < 4.78 is 0. The van der Waals surface area contributed by atoms with E-state index in [9.17, 15) is 20.4 Å². The second kappa shape index (κ2) is 2.65. The second-order valence-electron chi connectivity index (χ2n) is 4.02. The van der Waals surface area contributed by atoms with E-state index in [0.717, 1.165) is 12.8 Å². The Morgan fingerprint density at radius 1 is 1.08 bits per heavy atom. The highest BCUT2D eigenvalue weighted by molar-refractivity contribution is 5.04. The molecule has 0 saturated carbocycles. The molecule has 2 heterocycles. The van der Waals surface area contributed by atoms with Crippen molar-refractivity contribution in [3.63, 3.8) is 0 Å². The molecule has 0 amide bonds. The Balaban J connectivity index is 2.25. The molecule has 0 radical (unpaired) electrons. The van der Waals surface area contributed by atoms with Crippen LogP contribution in [0.3, 0.4) is 0 Å². The number of hydrogen-bond donors (Lipinski definition) is 4. The maximum absolute atomic E-state index is 9.53. The van der Waals surface area contributed by atoms with Gasteiger partial charge in [0, 0.05) is 0 Å². The molecule has 76 valence electrons. The summed E-state index contributed by atoms with van der Waals surface area (Å²) in [6, 6.07) is -0.531. The summed E-state index contributed by atoms with van der Waals surface area (Å²) in [6.45, 7) is 0.626. The summed E-state index contributed by atoms with van der Waals surface area (Å²) in [5, 5.41) is 37.8. The van der Waals surface area contributed by atoms with Gasteiger partial charge in [-0.3, -0.25) is 4.90 Å². The first-order valence-corrected chi connectivity index (χ1v) is 4.59. The van der Waals surface area contributed by atoms with Gasteiger partial charge in [0.15, 0.2) is 0 Å². The van der Waals surface area contributed by atoms with Gasteiger partial charge in [-0.1, -0.05) is 6.42 Å². The van der Waals surface area contributed by atoms with Crippen LogP contribution in [0, 0.1) is 0 Å². The van der Waals surface area contributed by atoms with Crippen molar-refractivity contribution in [3.8, 4) is 0 Å². The summed E-state index contributed by atoms with van der Waals surface area (Å²) in [5.74, 6) is -4.77. The molecular formula is C8H15NO4. The Kier molecular flexibility index (Phi) is 1.91. The lowest BCUT2D eigenvalue weighted by molar-refractivity contribution is -0.339. The molecule has 5 nitrogen and oxygen atoms in total. The summed E-state index contributed by atoms with van der Waals surface area (Å²) in [6.07, 6.45) is 2.48. The van der Waals surface area contributed by atoms with Gasteiger partial charge in [0.05, 0.1) is 12.6 Å². The van der Waals surface area contributed by atoms with Gasteiger partial charge in [0.25, 0.3) is 0 Å². The third kappa shape index (κ3) is 1.19. The van der Waals surface area contributed by atoms with Crippen molar-refractivity contribution < 1.29 is 20.4 Å². The molecule has 2 rings (SSSR count). The molecule has 2 aliphatic rings. The lowest BCUT2D eigenvalue weighted by atomic mass is 9.96. The van der Waals surface area contributed by atoms with E-state index in [1.165, 1.54) is 0 Å².